The quantitative estimate of drug-likeness (QED) is 0.600. The van der Waals surface area contributed by atoms with Crippen molar-refractivity contribution in [1.82, 2.24) is 16.0 Å². The van der Waals surface area contributed by atoms with Crippen molar-refractivity contribution in [3.8, 4) is 0 Å². The Balaban J connectivity index is 1.55. The molecule has 6 nitrogen and oxygen atoms in total. The molecule has 0 fully saturated rings. The molecule has 26 heavy (non-hydrogen) atoms. The molecule has 1 atom stereocenters. The maximum atomic E-state index is 13.1. The number of aryl methyl sites for hydroxylation is 1. The zero-order valence-corrected chi connectivity index (χ0v) is 14.8. The molecular weight excluding hydrogens is 337 g/mol. The molecule has 3 N–H and O–H groups in total. The monoisotopic (exact) mass is 361 g/mol. The van der Waals surface area contributed by atoms with E-state index in [0.29, 0.717) is 18.7 Å². The second-order valence-corrected chi connectivity index (χ2v) is 6.08. The number of urea groups is 1. The standard InChI is InChI=1S/C19H24FN3O3/c1-14(7-8-17-6-3-11-26-17)23-19(25)22-10-9-21-18(24)13-15-4-2-5-16(20)12-15/h2-6,11-12,14H,7-10,13H2,1H3,(H,21,24)(H2,22,23,25)/t14-/m1/s1. The summed E-state index contributed by atoms with van der Waals surface area (Å²) in [6.45, 7) is 2.54. The maximum absolute atomic E-state index is 13.1. The fraction of sp³-hybridized carbons (Fsp3) is 0.368. The molecule has 0 saturated carbocycles. The summed E-state index contributed by atoms with van der Waals surface area (Å²) in [5.41, 5.74) is 0.610. The molecule has 140 valence electrons. The average molecular weight is 361 g/mol. The summed E-state index contributed by atoms with van der Waals surface area (Å²) in [5, 5.41) is 8.20. The summed E-state index contributed by atoms with van der Waals surface area (Å²) in [5.74, 6) is 0.305. The summed E-state index contributed by atoms with van der Waals surface area (Å²) in [7, 11) is 0. The fourth-order valence-electron chi connectivity index (χ4n) is 2.43. The molecule has 1 aromatic heterocycles. The minimum Gasteiger partial charge on any atom is -0.469 e. The third kappa shape index (κ3) is 7.38. The Bertz CT molecular complexity index is 704. The molecule has 2 aromatic rings. The Hall–Kier alpha value is -2.83. The number of carbonyl (C=O) groups is 2. The van der Waals surface area contributed by atoms with Crippen LogP contribution >= 0.6 is 0 Å². The predicted octanol–water partition coefficient (Wildman–Crippen LogP) is 2.40. The first-order chi connectivity index (χ1) is 12.5. The lowest BCUT2D eigenvalue weighted by Gasteiger charge is -2.14. The molecule has 7 heteroatoms. The highest BCUT2D eigenvalue weighted by atomic mass is 19.1. The Morgan fingerprint density at radius 2 is 1.96 bits per heavy atom. The van der Waals surface area contributed by atoms with Crippen molar-refractivity contribution >= 4 is 11.9 Å². The van der Waals surface area contributed by atoms with E-state index in [2.05, 4.69) is 16.0 Å². The van der Waals surface area contributed by atoms with Crippen LogP contribution in [0.2, 0.25) is 0 Å². The molecule has 0 aliphatic heterocycles. The van der Waals surface area contributed by atoms with Crippen molar-refractivity contribution in [1.29, 1.82) is 0 Å². The van der Waals surface area contributed by atoms with Gasteiger partial charge in [-0.05, 0) is 43.2 Å². The van der Waals surface area contributed by atoms with Gasteiger partial charge in [-0.1, -0.05) is 12.1 Å². The van der Waals surface area contributed by atoms with Crippen LogP contribution in [0.1, 0.15) is 24.7 Å². The molecule has 0 aliphatic carbocycles. The summed E-state index contributed by atoms with van der Waals surface area (Å²) < 4.78 is 18.3. The van der Waals surface area contributed by atoms with Crippen molar-refractivity contribution in [3.05, 3.63) is 59.8 Å². The predicted molar refractivity (Wildman–Crippen MR) is 96.1 cm³/mol. The largest absolute Gasteiger partial charge is 0.469 e. The van der Waals surface area contributed by atoms with Crippen LogP contribution in [0.3, 0.4) is 0 Å². The number of hydrogen-bond donors (Lipinski definition) is 3. The minimum atomic E-state index is -0.366. The van der Waals surface area contributed by atoms with Gasteiger partial charge in [-0.15, -0.1) is 0 Å². The average Bonchev–Trinajstić information content (AvgIpc) is 3.10. The molecule has 3 amide bonds. The van der Waals surface area contributed by atoms with Crippen molar-refractivity contribution in [2.24, 2.45) is 0 Å². The van der Waals surface area contributed by atoms with Gasteiger partial charge in [0.15, 0.2) is 0 Å². The number of hydrogen-bond acceptors (Lipinski definition) is 3. The maximum Gasteiger partial charge on any atom is 0.315 e. The van der Waals surface area contributed by atoms with E-state index in [0.717, 1.165) is 18.6 Å². The minimum absolute atomic E-state index is 0.00247. The zero-order chi connectivity index (χ0) is 18.8. The van der Waals surface area contributed by atoms with Gasteiger partial charge in [0.05, 0.1) is 12.7 Å². The van der Waals surface area contributed by atoms with Crippen LogP contribution in [-0.4, -0.2) is 31.1 Å². The van der Waals surface area contributed by atoms with Gasteiger partial charge in [-0.3, -0.25) is 4.79 Å². The van der Waals surface area contributed by atoms with Gasteiger partial charge in [-0.25, -0.2) is 9.18 Å². The Morgan fingerprint density at radius 3 is 2.69 bits per heavy atom. The van der Waals surface area contributed by atoms with Crippen LogP contribution in [0, 0.1) is 5.82 Å². The number of amides is 3. The molecule has 0 spiro atoms. The van der Waals surface area contributed by atoms with Crippen molar-refractivity contribution in [2.75, 3.05) is 13.1 Å². The van der Waals surface area contributed by atoms with Crippen LogP contribution < -0.4 is 16.0 Å². The van der Waals surface area contributed by atoms with Gasteiger partial charge in [0.1, 0.15) is 11.6 Å². The third-order valence-corrected chi connectivity index (χ3v) is 3.77. The van der Waals surface area contributed by atoms with E-state index in [1.807, 2.05) is 19.1 Å². The van der Waals surface area contributed by atoms with E-state index in [-0.39, 0.29) is 30.2 Å². The first-order valence-corrected chi connectivity index (χ1v) is 8.61. The third-order valence-electron chi connectivity index (χ3n) is 3.77. The summed E-state index contributed by atoms with van der Waals surface area (Å²) in [6.07, 6.45) is 3.26. The Morgan fingerprint density at radius 1 is 1.15 bits per heavy atom. The summed E-state index contributed by atoms with van der Waals surface area (Å²) >= 11 is 0. The van der Waals surface area contributed by atoms with Gasteiger partial charge < -0.3 is 20.4 Å². The molecule has 0 bridgehead atoms. The van der Waals surface area contributed by atoms with E-state index in [1.165, 1.54) is 12.1 Å². The zero-order valence-electron chi connectivity index (χ0n) is 14.8. The van der Waals surface area contributed by atoms with E-state index >= 15 is 0 Å². The van der Waals surface area contributed by atoms with E-state index in [4.69, 9.17) is 4.42 Å². The van der Waals surface area contributed by atoms with Crippen LogP contribution in [0.25, 0.3) is 0 Å². The van der Waals surface area contributed by atoms with Gasteiger partial charge in [0.2, 0.25) is 5.91 Å². The normalized spacial score (nSPS) is 11.6. The second kappa shape index (κ2) is 10.2. The van der Waals surface area contributed by atoms with Crippen LogP contribution in [-0.2, 0) is 17.6 Å². The number of nitrogens with one attached hydrogen (secondary N) is 3. The summed E-state index contributed by atoms with van der Waals surface area (Å²) in [4.78, 5) is 23.6. The molecular formula is C19H24FN3O3. The number of carbonyl (C=O) groups excluding carboxylic acids is 2. The number of halogens is 1. The van der Waals surface area contributed by atoms with E-state index in [9.17, 15) is 14.0 Å². The number of benzene rings is 1. The van der Waals surface area contributed by atoms with E-state index < -0.39 is 0 Å². The highest BCUT2D eigenvalue weighted by molar-refractivity contribution is 5.78. The topological polar surface area (TPSA) is 83.4 Å². The summed E-state index contributed by atoms with van der Waals surface area (Å²) in [6, 6.07) is 9.38. The fourth-order valence-corrected chi connectivity index (χ4v) is 2.43. The first-order valence-electron chi connectivity index (χ1n) is 8.61. The lowest BCUT2D eigenvalue weighted by Crippen LogP contribution is -2.43. The number of rotatable bonds is 9. The number of furan rings is 1. The lowest BCUT2D eigenvalue weighted by molar-refractivity contribution is -0.120. The van der Waals surface area contributed by atoms with Gasteiger partial charge in [0, 0.05) is 25.6 Å². The van der Waals surface area contributed by atoms with Crippen LogP contribution in [0.4, 0.5) is 9.18 Å². The molecule has 2 rings (SSSR count). The first kappa shape index (κ1) is 19.5. The highest BCUT2D eigenvalue weighted by Crippen LogP contribution is 2.05. The smallest absolute Gasteiger partial charge is 0.315 e. The van der Waals surface area contributed by atoms with Gasteiger partial charge >= 0.3 is 6.03 Å². The van der Waals surface area contributed by atoms with Crippen LogP contribution in [0.15, 0.2) is 47.1 Å². The van der Waals surface area contributed by atoms with Crippen molar-refractivity contribution in [3.63, 3.8) is 0 Å². The second-order valence-electron chi connectivity index (χ2n) is 6.08. The molecule has 1 heterocycles. The molecule has 0 unspecified atom stereocenters. The van der Waals surface area contributed by atoms with E-state index in [1.54, 1.807) is 18.4 Å². The Labute approximate surface area is 152 Å². The van der Waals surface area contributed by atoms with Crippen molar-refractivity contribution in [2.45, 2.75) is 32.2 Å². The molecule has 0 saturated heterocycles. The van der Waals surface area contributed by atoms with Gasteiger partial charge in [-0.2, -0.15) is 0 Å². The SMILES string of the molecule is C[C@H](CCc1ccco1)NC(=O)NCCNC(=O)Cc1cccc(F)c1. The van der Waals surface area contributed by atoms with Crippen LogP contribution in [0.5, 0.6) is 0 Å². The van der Waals surface area contributed by atoms with Gasteiger partial charge in [0.25, 0.3) is 0 Å². The molecule has 0 aliphatic rings. The molecule has 0 radical (unpaired) electrons. The highest BCUT2D eigenvalue weighted by Gasteiger charge is 2.08. The molecule has 1 aromatic carbocycles. The van der Waals surface area contributed by atoms with Crippen molar-refractivity contribution < 1.29 is 18.4 Å². The Kier molecular flexibility index (Phi) is 7.67. The lowest BCUT2D eigenvalue weighted by atomic mass is 10.1.